The number of alkyl halides is 1. The molecule has 3 nitrogen and oxygen atoms in total. The van der Waals surface area contributed by atoms with Crippen LogP contribution < -0.4 is 0 Å². The highest BCUT2D eigenvalue weighted by molar-refractivity contribution is 6.17. The maximum Gasteiger partial charge on any atom is 0.129 e. The van der Waals surface area contributed by atoms with Crippen LogP contribution in [-0.4, -0.2) is 9.55 Å². The molecule has 0 saturated carbocycles. The minimum absolute atomic E-state index is 0.201. The van der Waals surface area contributed by atoms with Crippen molar-refractivity contribution in [2.45, 2.75) is 12.8 Å². The lowest BCUT2D eigenvalue weighted by molar-refractivity contribution is 0.617. The van der Waals surface area contributed by atoms with Crippen molar-refractivity contribution >= 4 is 22.6 Å². The van der Waals surface area contributed by atoms with Gasteiger partial charge in [-0.05, 0) is 37.3 Å². The lowest BCUT2D eigenvalue weighted by Gasteiger charge is -2.11. The summed E-state index contributed by atoms with van der Waals surface area (Å²) in [5, 5.41) is 9.06. The first-order valence-electron chi connectivity index (χ1n) is 6.38. The molecular weight excluding hydrogens is 289 g/mol. The second-order valence-corrected chi connectivity index (χ2v) is 4.96. The van der Waals surface area contributed by atoms with E-state index >= 15 is 0 Å². The summed E-state index contributed by atoms with van der Waals surface area (Å²) in [7, 11) is 0. The molecule has 0 amide bonds. The Bertz CT molecular complexity index is 877. The van der Waals surface area contributed by atoms with Crippen LogP contribution >= 0.6 is 11.6 Å². The van der Waals surface area contributed by atoms with Gasteiger partial charge in [0.05, 0.1) is 34.2 Å². The van der Waals surface area contributed by atoms with Crippen LogP contribution in [0.25, 0.3) is 16.7 Å². The van der Waals surface area contributed by atoms with Crippen molar-refractivity contribution in [2.24, 2.45) is 0 Å². The first kappa shape index (κ1) is 13.6. The number of aromatic nitrogens is 2. The van der Waals surface area contributed by atoms with E-state index in [9.17, 15) is 4.39 Å². The number of hydrogen-bond donors (Lipinski definition) is 0. The molecule has 0 saturated heterocycles. The Morgan fingerprint density at radius 3 is 2.86 bits per heavy atom. The van der Waals surface area contributed by atoms with Gasteiger partial charge in [-0.2, -0.15) is 5.26 Å². The Balaban J connectivity index is 2.39. The van der Waals surface area contributed by atoms with Crippen LogP contribution in [0, 0.1) is 24.1 Å². The molecular formula is C16H11ClFN3. The van der Waals surface area contributed by atoms with Gasteiger partial charge in [-0.1, -0.05) is 6.07 Å². The zero-order chi connectivity index (χ0) is 15.0. The van der Waals surface area contributed by atoms with Crippen LogP contribution in [-0.2, 0) is 5.88 Å². The molecule has 104 valence electrons. The van der Waals surface area contributed by atoms with Gasteiger partial charge in [0, 0.05) is 5.56 Å². The highest BCUT2D eigenvalue weighted by Gasteiger charge is 2.15. The third-order valence-electron chi connectivity index (χ3n) is 3.45. The normalized spacial score (nSPS) is 10.8. The number of rotatable bonds is 2. The quantitative estimate of drug-likeness (QED) is 0.669. The van der Waals surface area contributed by atoms with Crippen LogP contribution in [0.15, 0.2) is 36.4 Å². The second kappa shape index (κ2) is 5.19. The summed E-state index contributed by atoms with van der Waals surface area (Å²) >= 11 is 5.98. The van der Waals surface area contributed by atoms with Crippen molar-refractivity contribution in [2.75, 3.05) is 0 Å². The van der Waals surface area contributed by atoms with Gasteiger partial charge < -0.3 is 0 Å². The van der Waals surface area contributed by atoms with Crippen LogP contribution in [0.5, 0.6) is 0 Å². The average molecular weight is 300 g/mol. The standard InChI is InChI=1S/C16H11ClFN3/c1-10-12(18)3-2-4-14(10)21-15-7-11(9-19)5-6-13(15)20-16(21)8-17/h2-7H,8H2,1H3. The van der Waals surface area contributed by atoms with E-state index < -0.39 is 0 Å². The molecule has 0 N–H and O–H groups in total. The van der Waals surface area contributed by atoms with Gasteiger partial charge >= 0.3 is 0 Å². The Morgan fingerprint density at radius 1 is 1.33 bits per heavy atom. The molecule has 5 heteroatoms. The van der Waals surface area contributed by atoms with Crippen LogP contribution in [0.3, 0.4) is 0 Å². The molecule has 3 rings (SSSR count). The van der Waals surface area contributed by atoms with E-state index in [-0.39, 0.29) is 11.7 Å². The Kier molecular flexibility index (Phi) is 3.36. The molecule has 0 aliphatic carbocycles. The van der Waals surface area contributed by atoms with Crippen LogP contribution in [0.2, 0.25) is 0 Å². The number of nitriles is 1. The molecule has 0 spiro atoms. The Labute approximate surface area is 126 Å². The summed E-state index contributed by atoms with van der Waals surface area (Å²) < 4.78 is 15.6. The predicted molar refractivity (Wildman–Crippen MR) is 80.0 cm³/mol. The molecule has 0 bridgehead atoms. The van der Waals surface area contributed by atoms with Crippen LogP contribution in [0.4, 0.5) is 4.39 Å². The summed E-state index contributed by atoms with van der Waals surface area (Å²) in [4.78, 5) is 4.45. The Hall–Kier alpha value is -2.38. The average Bonchev–Trinajstić information content (AvgIpc) is 2.87. The van der Waals surface area contributed by atoms with E-state index in [1.807, 2.05) is 10.6 Å². The maximum atomic E-state index is 13.8. The fraction of sp³-hybridized carbons (Fsp3) is 0.125. The Morgan fingerprint density at radius 2 is 2.14 bits per heavy atom. The fourth-order valence-corrected chi connectivity index (χ4v) is 2.57. The van der Waals surface area contributed by atoms with Crippen molar-refractivity contribution in [1.29, 1.82) is 5.26 Å². The number of halogens is 2. The number of nitrogens with zero attached hydrogens (tertiary/aromatic N) is 3. The predicted octanol–water partition coefficient (Wildman–Crippen LogP) is 4.08. The van der Waals surface area contributed by atoms with E-state index in [2.05, 4.69) is 11.1 Å². The zero-order valence-electron chi connectivity index (χ0n) is 11.3. The smallest absolute Gasteiger partial charge is 0.129 e. The second-order valence-electron chi connectivity index (χ2n) is 4.70. The third kappa shape index (κ3) is 2.16. The van der Waals surface area contributed by atoms with E-state index in [1.165, 1.54) is 6.07 Å². The van der Waals surface area contributed by atoms with Gasteiger partial charge in [-0.15, -0.1) is 11.6 Å². The number of hydrogen-bond acceptors (Lipinski definition) is 2. The molecule has 21 heavy (non-hydrogen) atoms. The molecule has 0 unspecified atom stereocenters. The van der Waals surface area contributed by atoms with Gasteiger partial charge in [-0.25, -0.2) is 9.37 Å². The monoisotopic (exact) mass is 299 g/mol. The van der Waals surface area contributed by atoms with Crippen molar-refractivity contribution in [3.8, 4) is 11.8 Å². The largest absolute Gasteiger partial charge is 0.295 e. The number of benzene rings is 2. The lowest BCUT2D eigenvalue weighted by Crippen LogP contribution is -2.03. The number of fused-ring (bicyclic) bond motifs is 1. The first-order chi connectivity index (χ1) is 10.2. The highest BCUT2D eigenvalue weighted by atomic mass is 35.5. The fourth-order valence-electron chi connectivity index (χ4n) is 2.39. The first-order valence-corrected chi connectivity index (χ1v) is 6.92. The lowest BCUT2D eigenvalue weighted by atomic mass is 10.1. The summed E-state index contributed by atoms with van der Waals surface area (Å²) in [6, 6.07) is 12.2. The summed E-state index contributed by atoms with van der Waals surface area (Å²) in [5.74, 6) is 0.536. The van der Waals surface area contributed by atoms with Gasteiger partial charge in [0.1, 0.15) is 11.6 Å². The molecule has 0 fully saturated rings. The molecule has 0 atom stereocenters. The maximum absolute atomic E-state index is 13.8. The van der Waals surface area contributed by atoms with Crippen molar-refractivity contribution in [3.63, 3.8) is 0 Å². The third-order valence-corrected chi connectivity index (χ3v) is 3.69. The summed E-state index contributed by atoms with van der Waals surface area (Å²) in [6.45, 7) is 1.71. The molecule has 0 aliphatic heterocycles. The van der Waals surface area contributed by atoms with E-state index in [0.717, 1.165) is 11.0 Å². The molecule has 2 aromatic carbocycles. The van der Waals surface area contributed by atoms with Crippen molar-refractivity contribution in [3.05, 3.63) is 59.2 Å². The highest BCUT2D eigenvalue weighted by Crippen LogP contribution is 2.26. The summed E-state index contributed by atoms with van der Waals surface area (Å²) in [5.41, 5.74) is 3.21. The van der Waals surface area contributed by atoms with Crippen molar-refractivity contribution < 1.29 is 4.39 Å². The SMILES string of the molecule is Cc1c(F)cccc1-n1c(CCl)nc2ccc(C#N)cc21. The minimum atomic E-state index is -0.286. The van der Waals surface area contributed by atoms with Gasteiger partial charge in [0.25, 0.3) is 0 Å². The van der Waals surface area contributed by atoms with Gasteiger partial charge in [-0.3, -0.25) is 4.57 Å². The van der Waals surface area contributed by atoms with Gasteiger partial charge in [0.15, 0.2) is 0 Å². The minimum Gasteiger partial charge on any atom is -0.295 e. The van der Waals surface area contributed by atoms with Crippen molar-refractivity contribution in [1.82, 2.24) is 9.55 Å². The topological polar surface area (TPSA) is 41.6 Å². The van der Waals surface area contributed by atoms with E-state index in [0.29, 0.717) is 22.6 Å². The van der Waals surface area contributed by atoms with E-state index in [4.69, 9.17) is 16.9 Å². The molecule has 0 aliphatic rings. The molecule has 1 aromatic heterocycles. The molecule has 1 heterocycles. The van der Waals surface area contributed by atoms with Gasteiger partial charge in [0.2, 0.25) is 0 Å². The summed E-state index contributed by atoms with van der Waals surface area (Å²) in [6.07, 6.45) is 0. The molecule has 0 radical (unpaired) electrons. The van der Waals surface area contributed by atoms with E-state index in [1.54, 1.807) is 31.2 Å². The van der Waals surface area contributed by atoms with Crippen LogP contribution in [0.1, 0.15) is 17.0 Å². The molecule has 3 aromatic rings. The number of imidazole rings is 1. The zero-order valence-corrected chi connectivity index (χ0v) is 12.0.